The molecular formula is C13H16N4. The van der Waals surface area contributed by atoms with Crippen LogP contribution in [0.25, 0.3) is 0 Å². The summed E-state index contributed by atoms with van der Waals surface area (Å²) in [5, 5.41) is 6.35. The predicted molar refractivity (Wildman–Crippen MR) is 70.0 cm³/mol. The molecule has 4 nitrogen and oxygen atoms in total. The average Bonchev–Trinajstić information content (AvgIpc) is 2.39. The number of hydrogen-bond donors (Lipinski definition) is 2. The van der Waals surface area contributed by atoms with E-state index in [4.69, 9.17) is 0 Å². The average molecular weight is 228 g/mol. The highest BCUT2D eigenvalue weighted by molar-refractivity contribution is 5.40. The van der Waals surface area contributed by atoms with Crippen LogP contribution in [0.4, 0.5) is 11.8 Å². The van der Waals surface area contributed by atoms with Gasteiger partial charge in [-0.2, -0.15) is 4.98 Å². The maximum Gasteiger partial charge on any atom is 0.224 e. The first-order valence-electron chi connectivity index (χ1n) is 5.73. The normalized spacial score (nSPS) is 9.94. The first-order chi connectivity index (χ1) is 8.38. The standard InChI is InChI=1S/C13H16N4/c1-2-14-13-15-9-8-12(17-13)16-10-11-6-4-3-5-7-11/h3-9H,2,10H2,1H3,(H2,14,15,16,17). The molecule has 88 valence electrons. The molecule has 0 bridgehead atoms. The zero-order valence-corrected chi connectivity index (χ0v) is 9.85. The summed E-state index contributed by atoms with van der Waals surface area (Å²) >= 11 is 0. The number of aromatic nitrogens is 2. The number of benzene rings is 1. The summed E-state index contributed by atoms with van der Waals surface area (Å²) in [6.45, 7) is 3.61. The van der Waals surface area contributed by atoms with Gasteiger partial charge in [0, 0.05) is 19.3 Å². The molecule has 1 heterocycles. The Morgan fingerprint density at radius 3 is 2.65 bits per heavy atom. The van der Waals surface area contributed by atoms with E-state index in [1.54, 1.807) is 6.20 Å². The summed E-state index contributed by atoms with van der Waals surface area (Å²) in [6, 6.07) is 12.1. The molecule has 0 atom stereocenters. The summed E-state index contributed by atoms with van der Waals surface area (Å²) in [5.74, 6) is 1.49. The molecule has 0 amide bonds. The van der Waals surface area contributed by atoms with Gasteiger partial charge >= 0.3 is 0 Å². The maximum atomic E-state index is 4.34. The lowest BCUT2D eigenvalue weighted by molar-refractivity contribution is 1.05. The molecule has 2 aromatic rings. The van der Waals surface area contributed by atoms with Gasteiger partial charge < -0.3 is 10.6 Å². The quantitative estimate of drug-likeness (QED) is 0.825. The minimum atomic E-state index is 0.658. The SMILES string of the molecule is CCNc1nccc(NCc2ccccc2)n1. The van der Waals surface area contributed by atoms with Crippen molar-refractivity contribution in [2.75, 3.05) is 17.2 Å². The van der Waals surface area contributed by atoms with E-state index in [-0.39, 0.29) is 0 Å². The van der Waals surface area contributed by atoms with Crippen molar-refractivity contribution < 1.29 is 0 Å². The fourth-order valence-corrected chi connectivity index (χ4v) is 1.49. The highest BCUT2D eigenvalue weighted by Gasteiger charge is 1.97. The van der Waals surface area contributed by atoms with Gasteiger partial charge in [0.25, 0.3) is 0 Å². The van der Waals surface area contributed by atoms with Gasteiger partial charge in [0.15, 0.2) is 0 Å². The van der Waals surface area contributed by atoms with Crippen LogP contribution in [-0.2, 0) is 6.54 Å². The Morgan fingerprint density at radius 1 is 1.06 bits per heavy atom. The Kier molecular flexibility index (Phi) is 3.91. The van der Waals surface area contributed by atoms with Gasteiger partial charge in [0.2, 0.25) is 5.95 Å². The van der Waals surface area contributed by atoms with Gasteiger partial charge in [-0.1, -0.05) is 30.3 Å². The smallest absolute Gasteiger partial charge is 0.224 e. The van der Waals surface area contributed by atoms with Crippen LogP contribution >= 0.6 is 0 Å². The van der Waals surface area contributed by atoms with Gasteiger partial charge in [-0.3, -0.25) is 0 Å². The molecule has 0 unspecified atom stereocenters. The van der Waals surface area contributed by atoms with E-state index in [1.165, 1.54) is 5.56 Å². The topological polar surface area (TPSA) is 49.8 Å². The molecule has 4 heteroatoms. The number of nitrogens with one attached hydrogen (secondary N) is 2. The van der Waals surface area contributed by atoms with Crippen LogP contribution in [-0.4, -0.2) is 16.5 Å². The largest absolute Gasteiger partial charge is 0.366 e. The number of hydrogen-bond acceptors (Lipinski definition) is 4. The van der Waals surface area contributed by atoms with Gasteiger partial charge in [-0.25, -0.2) is 4.98 Å². The van der Waals surface area contributed by atoms with Crippen molar-refractivity contribution in [3.8, 4) is 0 Å². The highest BCUT2D eigenvalue weighted by Crippen LogP contribution is 2.07. The van der Waals surface area contributed by atoms with Crippen LogP contribution in [0.1, 0.15) is 12.5 Å². The molecule has 17 heavy (non-hydrogen) atoms. The summed E-state index contributed by atoms with van der Waals surface area (Å²) < 4.78 is 0. The Morgan fingerprint density at radius 2 is 1.88 bits per heavy atom. The van der Waals surface area contributed by atoms with Gasteiger partial charge in [-0.05, 0) is 18.6 Å². The van der Waals surface area contributed by atoms with Gasteiger partial charge in [0.05, 0.1) is 0 Å². The van der Waals surface area contributed by atoms with Gasteiger partial charge in [-0.15, -0.1) is 0 Å². The lowest BCUT2D eigenvalue weighted by Crippen LogP contribution is -2.06. The van der Waals surface area contributed by atoms with Crippen molar-refractivity contribution >= 4 is 11.8 Å². The zero-order valence-electron chi connectivity index (χ0n) is 9.85. The summed E-state index contributed by atoms with van der Waals surface area (Å²) in [4.78, 5) is 8.47. The van der Waals surface area contributed by atoms with Gasteiger partial charge in [0.1, 0.15) is 5.82 Å². The Labute approximate surface area is 101 Å². The van der Waals surface area contributed by atoms with Crippen LogP contribution < -0.4 is 10.6 Å². The van der Waals surface area contributed by atoms with E-state index in [9.17, 15) is 0 Å². The molecule has 0 spiro atoms. The zero-order chi connectivity index (χ0) is 11.9. The third-order valence-corrected chi connectivity index (χ3v) is 2.31. The maximum absolute atomic E-state index is 4.34. The second kappa shape index (κ2) is 5.84. The monoisotopic (exact) mass is 228 g/mol. The van der Waals surface area contributed by atoms with Crippen molar-refractivity contribution in [2.45, 2.75) is 13.5 Å². The van der Waals surface area contributed by atoms with E-state index in [1.807, 2.05) is 31.2 Å². The van der Waals surface area contributed by atoms with E-state index >= 15 is 0 Å². The van der Waals surface area contributed by atoms with E-state index in [0.29, 0.717) is 5.95 Å². The lowest BCUT2D eigenvalue weighted by atomic mass is 10.2. The number of nitrogens with zero attached hydrogens (tertiary/aromatic N) is 2. The third kappa shape index (κ3) is 3.45. The van der Waals surface area contributed by atoms with Crippen LogP contribution in [0.15, 0.2) is 42.6 Å². The van der Waals surface area contributed by atoms with Crippen molar-refractivity contribution in [1.29, 1.82) is 0 Å². The molecule has 2 N–H and O–H groups in total. The number of rotatable bonds is 5. The Bertz CT molecular complexity index is 456. The minimum absolute atomic E-state index is 0.658. The Hall–Kier alpha value is -2.10. The first-order valence-corrected chi connectivity index (χ1v) is 5.73. The predicted octanol–water partition coefficient (Wildman–Crippen LogP) is 2.52. The lowest BCUT2D eigenvalue weighted by Gasteiger charge is -2.07. The molecule has 0 saturated carbocycles. The van der Waals surface area contributed by atoms with E-state index in [0.717, 1.165) is 18.9 Å². The first kappa shape index (κ1) is 11.4. The fourth-order valence-electron chi connectivity index (χ4n) is 1.49. The molecule has 0 aliphatic rings. The number of anilines is 2. The minimum Gasteiger partial charge on any atom is -0.366 e. The Balaban J connectivity index is 1.97. The van der Waals surface area contributed by atoms with Crippen LogP contribution in [0.2, 0.25) is 0 Å². The third-order valence-electron chi connectivity index (χ3n) is 2.31. The summed E-state index contributed by atoms with van der Waals surface area (Å²) in [7, 11) is 0. The van der Waals surface area contributed by atoms with Crippen LogP contribution in [0, 0.1) is 0 Å². The second-order valence-electron chi connectivity index (χ2n) is 3.63. The molecule has 0 aliphatic carbocycles. The summed E-state index contributed by atoms with van der Waals surface area (Å²) in [6.07, 6.45) is 1.75. The molecular weight excluding hydrogens is 212 g/mol. The second-order valence-corrected chi connectivity index (χ2v) is 3.63. The molecule has 1 aromatic carbocycles. The van der Waals surface area contributed by atoms with E-state index < -0.39 is 0 Å². The van der Waals surface area contributed by atoms with Crippen molar-refractivity contribution in [3.63, 3.8) is 0 Å². The molecule has 0 fully saturated rings. The van der Waals surface area contributed by atoms with Crippen LogP contribution in [0.5, 0.6) is 0 Å². The van der Waals surface area contributed by atoms with E-state index in [2.05, 4.69) is 32.7 Å². The molecule has 0 aliphatic heterocycles. The highest BCUT2D eigenvalue weighted by atomic mass is 15.1. The fraction of sp³-hybridized carbons (Fsp3) is 0.231. The van der Waals surface area contributed by atoms with Crippen molar-refractivity contribution in [3.05, 3.63) is 48.2 Å². The van der Waals surface area contributed by atoms with Crippen molar-refractivity contribution in [1.82, 2.24) is 9.97 Å². The molecule has 2 rings (SSSR count). The summed E-state index contributed by atoms with van der Waals surface area (Å²) in [5.41, 5.74) is 1.23. The molecule has 0 saturated heterocycles. The van der Waals surface area contributed by atoms with Crippen molar-refractivity contribution in [2.24, 2.45) is 0 Å². The molecule has 1 aromatic heterocycles. The molecule has 0 radical (unpaired) electrons. The van der Waals surface area contributed by atoms with Crippen LogP contribution in [0.3, 0.4) is 0 Å².